The van der Waals surface area contributed by atoms with Gasteiger partial charge in [-0.05, 0) is 43.7 Å². The van der Waals surface area contributed by atoms with Crippen LogP contribution in [0.5, 0.6) is 0 Å². The normalized spacial score (nSPS) is 10.9. The molecule has 4 rings (SSSR count). The van der Waals surface area contributed by atoms with E-state index in [1.54, 1.807) is 30.5 Å². The first kappa shape index (κ1) is 23.6. The second-order valence-electron chi connectivity index (χ2n) is 7.40. The Kier molecular flexibility index (Phi) is 6.76. The summed E-state index contributed by atoms with van der Waals surface area (Å²) in [6.45, 7) is 3.66. The minimum atomic E-state index is -0.692. The summed E-state index contributed by atoms with van der Waals surface area (Å²) in [6, 6.07) is 11.2. The van der Waals surface area contributed by atoms with Gasteiger partial charge in [0.25, 0.3) is 5.56 Å². The summed E-state index contributed by atoms with van der Waals surface area (Å²) in [4.78, 5) is 38.8. The molecule has 0 radical (unpaired) electrons. The van der Waals surface area contributed by atoms with Crippen LogP contribution < -0.4 is 10.9 Å². The van der Waals surface area contributed by atoms with E-state index < -0.39 is 23.3 Å². The standard InChI is InChI=1S/C24H19ClFN3O4S/c1-3-33-24(32)21-16-12-34-22(27-19(30)11-15-17(25)8-5-9-18(15)26)20(16)23(31)29(28-21)14-7-4-6-13(2)10-14/h4-10,12H,3,11H2,1-2H3,(H,27,30). The molecule has 0 aliphatic rings. The predicted molar refractivity (Wildman–Crippen MR) is 130 cm³/mol. The third-order valence-corrected chi connectivity index (χ3v) is 6.27. The Morgan fingerprint density at radius 3 is 2.71 bits per heavy atom. The zero-order chi connectivity index (χ0) is 24.4. The van der Waals surface area contributed by atoms with E-state index in [-0.39, 0.29) is 45.1 Å². The van der Waals surface area contributed by atoms with Crippen molar-refractivity contribution in [3.05, 3.63) is 85.9 Å². The summed E-state index contributed by atoms with van der Waals surface area (Å²) in [7, 11) is 0. The zero-order valence-corrected chi connectivity index (χ0v) is 19.8. The smallest absolute Gasteiger partial charge is 0.359 e. The number of halogens is 2. The van der Waals surface area contributed by atoms with Gasteiger partial charge in [0.05, 0.1) is 24.1 Å². The van der Waals surface area contributed by atoms with Crippen LogP contribution in [0.3, 0.4) is 0 Å². The van der Waals surface area contributed by atoms with Gasteiger partial charge in [0.15, 0.2) is 5.69 Å². The summed E-state index contributed by atoms with van der Waals surface area (Å²) in [6.07, 6.45) is -0.327. The molecule has 10 heteroatoms. The van der Waals surface area contributed by atoms with E-state index in [9.17, 15) is 18.8 Å². The number of benzene rings is 2. The van der Waals surface area contributed by atoms with E-state index in [1.807, 2.05) is 13.0 Å². The zero-order valence-electron chi connectivity index (χ0n) is 18.2. The molecule has 4 aromatic rings. The van der Waals surface area contributed by atoms with Crippen LogP contribution >= 0.6 is 22.9 Å². The van der Waals surface area contributed by atoms with Gasteiger partial charge in [0.2, 0.25) is 5.91 Å². The van der Waals surface area contributed by atoms with Gasteiger partial charge in [-0.1, -0.05) is 29.8 Å². The highest BCUT2D eigenvalue weighted by Crippen LogP contribution is 2.31. The molecule has 7 nitrogen and oxygen atoms in total. The average molecular weight is 500 g/mol. The molecule has 2 aromatic heterocycles. The van der Waals surface area contributed by atoms with Crippen LogP contribution in [0.2, 0.25) is 5.02 Å². The molecule has 0 bridgehead atoms. The van der Waals surface area contributed by atoms with E-state index in [4.69, 9.17) is 16.3 Å². The van der Waals surface area contributed by atoms with Crippen molar-refractivity contribution in [2.45, 2.75) is 20.3 Å². The molecule has 1 amide bonds. The molecule has 0 saturated carbocycles. The lowest BCUT2D eigenvalue weighted by Gasteiger charge is -2.10. The number of aromatic nitrogens is 2. The lowest BCUT2D eigenvalue weighted by Crippen LogP contribution is -2.26. The van der Waals surface area contributed by atoms with Crippen molar-refractivity contribution < 1.29 is 18.7 Å². The summed E-state index contributed by atoms with van der Waals surface area (Å²) in [5.74, 6) is -1.86. The highest BCUT2D eigenvalue weighted by molar-refractivity contribution is 7.16. The highest BCUT2D eigenvalue weighted by atomic mass is 35.5. The van der Waals surface area contributed by atoms with Crippen molar-refractivity contribution in [2.75, 3.05) is 11.9 Å². The lowest BCUT2D eigenvalue weighted by molar-refractivity contribution is -0.115. The van der Waals surface area contributed by atoms with Crippen LogP contribution in [-0.4, -0.2) is 28.3 Å². The maximum Gasteiger partial charge on any atom is 0.359 e. The maximum atomic E-state index is 14.1. The Morgan fingerprint density at radius 2 is 2.00 bits per heavy atom. The first-order valence-corrected chi connectivity index (χ1v) is 11.6. The van der Waals surface area contributed by atoms with Gasteiger partial charge in [-0.25, -0.2) is 9.18 Å². The van der Waals surface area contributed by atoms with Crippen LogP contribution in [0.25, 0.3) is 16.5 Å². The Balaban J connectivity index is 1.81. The number of fused-ring (bicyclic) bond motifs is 1. The van der Waals surface area contributed by atoms with Crippen molar-refractivity contribution in [3.63, 3.8) is 0 Å². The highest BCUT2D eigenvalue weighted by Gasteiger charge is 2.23. The SMILES string of the molecule is CCOC(=O)c1nn(-c2cccc(C)c2)c(=O)c2c(NC(=O)Cc3c(F)cccc3Cl)scc12. The number of nitrogens with zero attached hydrogens (tertiary/aromatic N) is 2. The van der Waals surface area contributed by atoms with Gasteiger partial charge >= 0.3 is 5.97 Å². The fourth-order valence-electron chi connectivity index (χ4n) is 3.46. The van der Waals surface area contributed by atoms with Crippen LogP contribution in [0, 0.1) is 12.7 Å². The summed E-state index contributed by atoms with van der Waals surface area (Å²) in [5, 5.41) is 9.20. The number of nitrogens with one attached hydrogen (secondary N) is 1. The molecule has 174 valence electrons. The number of ether oxygens (including phenoxy) is 1. The number of thiophene rings is 1. The van der Waals surface area contributed by atoms with Crippen molar-refractivity contribution in [3.8, 4) is 5.69 Å². The monoisotopic (exact) mass is 499 g/mol. The Hall–Kier alpha value is -3.56. The van der Waals surface area contributed by atoms with E-state index >= 15 is 0 Å². The Morgan fingerprint density at radius 1 is 1.24 bits per heavy atom. The molecule has 2 aromatic carbocycles. The number of rotatable bonds is 6. The van der Waals surface area contributed by atoms with Crippen LogP contribution in [0.4, 0.5) is 9.39 Å². The molecule has 34 heavy (non-hydrogen) atoms. The average Bonchev–Trinajstić information content (AvgIpc) is 3.21. The molecule has 0 aliphatic heterocycles. The van der Waals surface area contributed by atoms with Crippen LogP contribution in [0.15, 0.2) is 52.6 Å². The largest absolute Gasteiger partial charge is 0.461 e. The Labute approximate surface area is 202 Å². The van der Waals surface area contributed by atoms with Crippen molar-refractivity contribution in [1.29, 1.82) is 0 Å². The number of hydrogen-bond acceptors (Lipinski definition) is 6. The molecule has 2 heterocycles. The number of carbonyl (C=O) groups is 2. The maximum absolute atomic E-state index is 14.1. The fourth-order valence-corrected chi connectivity index (χ4v) is 4.64. The number of esters is 1. The topological polar surface area (TPSA) is 90.3 Å². The molecule has 0 saturated heterocycles. The summed E-state index contributed by atoms with van der Waals surface area (Å²) in [5.41, 5.74) is 0.832. The van der Waals surface area contributed by atoms with E-state index in [2.05, 4.69) is 10.4 Å². The molecule has 0 spiro atoms. The van der Waals surface area contributed by atoms with E-state index in [0.29, 0.717) is 5.69 Å². The van der Waals surface area contributed by atoms with Gasteiger partial charge in [-0.15, -0.1) is 11.3 Å². The van der Waals surface area contributed by atoms with Crippen molar-refractivity contribution >= 4 is 50.6 Å². The minimum Gasteiger partial charge on any atom is -0.461 e. The van der Waals surface area contributed by atoms with Gasteiger partial charge in [-0.2, -0.15) is 9.78 Å². The second kappa shape index (κ2) is 9.74. The van der Waals surface area contributed by atoms with Gasteiger partial charge in [0.1, 0.15) is 10.8 Å². The van der Waals surface area contributed by atoms with Crippen LogP contribution in [0.1, 0.15) is 28.5 Å². The third kappa shape index (κ3) is 4.57. The van der Waals surface area contributed by atoms with Gasteiger partial charge in [-0.3, -0.25) is 9.59 Å². The van der Waals surface area contributed by atoms with Crippen molar-refractivity contribution in [2.24, 2.45) is 0 Å². The number of anilines is 1. The molecule has 1 N–H and O–H groups in total. The third-order valence-electron chi connectivity index (χ3n) is 5.02. The number of carbonyl (C=O) groups excluding carboxylic acids is 2. The van der Waals surface area contributed by atoms with E-state index in [0.717, 1.165) is 21.6 Å². The molecule has 0 atom stereocenters. The number of aryl methyl sites for hydroxylation is 1. The number of amides is 1. The molecular formula is C24H19ClFN3O4S. The molecule has 0 aliphatic carbocycles. The fraction of sp³-hybridized carbons (Fsp3) is 0.167. The molecule has 0 unspecified atom stereocenters. The van der Waals surface area contributed by atoms with E-state index in [1.165, 1.54) is 18.2 Å². The minimum absolute atomic E-state index is 0.0492. The first-order chi connectivity index (χ1) is 16.3. The Bertz CT molecular complexity index is 1460. The quantitative estimate of drug-likeness (QED) is 0.381. The second-order valence-corrected chi connectivity index (χ2v) is 8.69. The number of hydrogen-bond donors (Lipinski definition) is 1. The summed E-state index contributed by atoms with van der Waals surface area (Å²) < 4.78 is 20.4. The van der Waals surface area contributed by atoms with Crippen LogP contribution in [-0.2, 0) is 16.0 Å². The van der Waals surface area contributed by atoms with Gasteiger partial charge in [0, 0.05) is 21.4 Å². The first-order valence-electron chi connectivity index (χ1n) is 10.3. The predicted octanol–water partition coefficient (Wildman–Crippen LogP) is 4.91. The van der Waals surface area contributed by atoms with Gasteiger partial charge < -0.3 is 10.1 Å². The molecule has 0 fully saturated rings. The summed E-state index contributed by atoms with van der Waals surface area (Å²) >= 11 is 7.09. The molecular weight excluding hydrogens is 481 g/mol. The lowest BCUT2D eigenvalue weighted by atomic mass is 10.1. The van der Waals surface area contributed by atoms with Crippen molar-refractivity contribution in [1.82, 2.24) is 9.78 Å².